The summed E-state index contributed by atoms with van der Waals surface area (Å²) in [4.78, 5) is 2.47. The number of hydrogen-bond donors (Lipinski definition) is 1. The van der Waals surface area contributed by atoms with Crippen molar-refractivity contribution in [2.24, 2.45) is 11.8 Å². The van der Waals surface area contributed by atoms with E-state index in [-0.39, 0.29) is 0 Å². The second kappa shape index (κ2) is 5.73. The van der Waals surface area contributed by atoms with Crippen molar-refractivity contribution in [1.29, 1.82) is 0 Å². The number of nitrogens with zero attached hydrogens (tertiary/aromatic N) is 1. The largest absolute Gasteiger partial charge is 0.312 e. The van der Waals surface area contributed by atoms with Gasteiger partial charge in [0, 0.05) is 18.1 Å². The molecule has 3 unspecified atom stereocenters. The zero-order valence-electron chi connectivity index (χ0n) is 13.0. The normalized spacial score (nSPS) is 37.7. The van der Waals surface area contributed by atoms with Crippen molar-refractivity contribution in [3.05, 3.63) is 0 Å². The van der Waals surface area contributed by atoms with Crippen molar-refractivity contribution < 1.29 is 0 Å². The Bertz CT molecular complexity index is 296. The van der Waals surface area contributed by atoms with Crippen LogP contribution in [0.4, 0.5) is 0 Å². The Morgan fingerprint density at radius 2 is 1.68 bits per heavy atom. The summed E-state index contributed by atoms with van der Waals surface area (Å²) in [6, 6.07) is 0.816. The summed E-state index contributed by atoms with van der Waals surface area (Å²) >= 11 is 0. The van der Waals surface area contributed by atoms with Gasteiger partial charge in [-0.05, 0) is 64.5 Å². The third-order valence-electron chi connectivity index (χ3n) is 6.49. The molecule has 110 valence electrons. The molecule has 0 heterocycles. The van der Waals surface area contributed by atoms with Gasteiger partial charge in [0.15, 0.2) is 0 Å². The molecule has 0 radical (unpaired) electrons. The van der Waals surface area contributed by atoms with Crippen LogP contribution in [0, 0.1) is 11.8 Å². The molecule has 0 aromatic heterocycles. The number of likely N-dealkylation sites (N-methyl/N-ethyl adjacent to an activating group) is 1. The Balaban J connectivity index is 1.48. The molecule has 3 atom stereocenters. The van der Waals surface area contributed by atoms with Gasteiger partial charge in [-0.1, -0.05) is 25.7 Å². The van der Waals surface area contributed by atoms with Crippen LogP contribution in [0.5, 0.6) is 0 Å². The smallest absolute Gasteiger partial charge is 0.0328 e. The first-order chi connectivity index (χ1) is 9.20. The van der Waals surface area contributed by atoms with E-state index in [1.165, 1.54) is 70.8 Å². The van der Waals surface area contributed by atoms with Gasteiger partial charge in [0.05, 0.1) is 0 Å². The fraction of sp³-hybridized carbons (Fsp3) is 1.00. The predicted octanol–water partition coefficient (Wildman–Crippen LogP) is 3.42. The van der Waals surface area contributed by atoms with E-state index >= 15 is 0 Å². The third kappa shape index (κ3) is 2.85. The highest BCUT2D eigenvalue weighted by atomic mass is 15.2. The minimum atomic E-state index is 0.489. The Labute approximate surface area is 119 Å². The Hall–Kier alpha value is -0.0800. The van der Waals surface area contributed by atoms with Crippen LogP contribution in [0.25, 0.3) is 0 Å². The average molecular weight is 264 g/mol. The van der Waals surface area contributed by atoms with Crippen molar-refractivity contribution in [3.63, 3.8) is 0 Å². The number of nitrogens with one attached hydrogen (secondary N) is 1. The standard InChI is InChI=1S/C17H32N2/c1-19(2)17(10-5-11-17)13-18-16-9-8-14-6-3-4-7-15(14)12-16/h14-16,18H,3-13H2,1-2H3. The van der Waals surface area contributed by atoms with Crippen LogP contribution in [0.15, 0.2) is 0 Å². The second-order valence-electron chi connectivity index (χ2n) is 7.67. The van der Waals surface area contributed by atoms with Gasteiger partial charge in [-0.3, -0.25) is 0 Å². The summed E-state index contributed by atoms with van der Waals surface area (Å²) in [6.45, 7) is 1.22. The highest BCUT2D eigenvalue weighted by molar-refractivity contribution is 4.99. The van der Waals surface area contributed by atoms with Crippen LogP contribution >= 0.6 is 0 Å². The topological polar surface area (TPSA) is 15.3 Å². The quantitative estimate of drug-likeness (QED) is 0.837. The maximum Gasteiger partial charge on any atom is 0.0328 e. The van der Waals surface area contributed by atoms with Crippen molar-refractivity contribution >= 4 is 0 Å². The zero-order chi connectivity index (χ0) is 13.3. The second-order valence-corrected chi connectivity index (χ2v) is 7.67. The summed E-state index contributed by atoms with van der Waals surface area (Å²) < 4.78 is 0. The summed E-state index contributed by atoms with van der Waals surface area (Å²) in [5, 5.41) is 3.94. The molecule has 3 rings (SSSR count). The lowest BCUT2D eigenvalue weighted by molar-refractivity contribution is 0.0503. The van der Waals surface area contributed by atoms with E-state index in [4.69, 9.17) is 0 Å². The van der Waals surface area contributed by atoms with E-state index in [2.05, 4.69) is 24.3 Å². The fourth-order valence-electron chi connectivity index (χ4n) is 4.76. The minimum absolute atomic E-state index is 0.489. The van der Waals surface area contributed by atoms with E-state index in [1.54, 1.807) is 0 Å². The van der Waals surface area contributed by atoms with Crippen LogP contribution in [0.1, 0.15) is 64.2 Å². The molecule has 0 saturated heterocycles. The zero-order valence-corrected chi connectivity index (χ0v) is 13.0. The summed E-state index contributed by atoms with van der Waals surface area (Å²) in [5.74, 6) is 2.13. The molecule has 1 N–H and O–H groups in total. The lowest BCUT2D eigenvalue weighted by atomic mass is 9.69. The first-order valence-electron chi connectivity index (χ1n) is 8.60. The van der Waals surface area contributed by atoms with Gasteiger partial charge in [-0.15, -0.1) is 0 Å². The van der Waals surface area contributed by atoms with Crippen molar-refractivity contribution in [2.75, 3.05) is 20.6 Å². The molecule has 3 aliphatic rings. The maximum absolute atomic E-state index is 3.94. The van der Waals surface area contributed by atoms with Crippen LogP contribution < -0.4 is 5.32 Å². The first-order valence-corrected chi connectivity index (χ1v) is 8.60. The van der Waals surface area contributed by atoms with Gasteiger partial charge in [0.25, 0.3) is 0 Å². The predicted molar refractivity (Wildman–Crippen MR) is 81.4 cm³/mol. The molecule has 0 spiro atoms. The monoisotopic (exact) mass is 264 g/mol. The number of hydrogen-bond acceptors (Lipinski definition) is 2. The maximum atomic E-state index is 3.94. The van der Waals surface area contributed by atoms with Crippen molar-refractivity contribution in [3.8, 4) is 0 Å². The lowest BCUT2D eigenvalue weighted by Gasteiger charge is -2.49. The van der Waals surface area contributed by atoms with Crippen LogP contribution in [0.2, 0.25) is 0 Å². The van der Waals surface area contributed by atoms with E-state index in [1.807, 2.05) is 0 Å². The first kappa shape index (κ1) is 13.9. The molecule has 3 saturated carbocycles. The van der Waals surface area contributed by atoms with E-state index in [9.17, 15) is 0 Å². The van der Waals surface area contributed by atoms with Gasteiger partial charge >= 0.3 is 0 Å². The number of fused-ring (bicyclic) bond motifs is 1. The minimum Gasteiger partial charge on any atom is -0.312 e. The Morgan fingerprint density at radius 1 is 0.947 bits per heavy atom. The van der Waals surface area contributed by atoms with E-state index < -0.39 is 0 Å². The Kier molecular flexibility index (Phi) is 4.19. The van der Waals surface area contributed by atoms with E-state index in [0.717, 1.165) is 17.9 Å². The summed E-state index contributed by atoms with van der Waals surface area (Å²) in [7, 11) is 4.53. The van der Waals surface area contributed by atoms with Gasteiger partial charge in [-0.2, -0.15) is 0 Å². The van der Waals surface area contributed by atoms with Gasteiger partial charge in [-0.25, -0.2) is 0 Å². The number of rotatable bonds is 4. The highest BCUT2D eigenvalue weighted by Gasteiger charge is 2.40. The molecule has 3 fully saturated rings. The molecule has 0 aromatic rings. The summed E-state index contributed by atoms with van der Waals surface area (Å²) in [5.41, 5.74) is 0.489. The molecular weight excluding hydrogens is 232 g/mol. The van der Waals surface area contributed by atoms with Crippen molar-refractivity contribution in [2.45, 2.75) is 75.8 Å². The molecule has 2 nitrogen and oxygen atoms in total. The molecule has 0 aromatic carbocycles. The summed E-state index contributed by atoms with van der Waals surface area (Å²) in [6.07, 6.45) is 14.7. The molecule has 0 amide bonds. The fourth-order valence-corrected chi connectivity index (χ4v) is 4.76. The van der Waals surface area contributed by atoms with E-state index in [0.29, 0.717) is 5.54 Å². The van der Waals surface area contributed by atoms with Crippen LogP contribution in [-0.2, 0) is 0 Å². The Morgan fingerprint density at radius 3 is 2.32 bits per heavy atom. The SMILES string of the molecule is CN(C)C1(CNC2CCC3CCCCC3C2)CCC1. The highest BCUT2D eigenvalue weighted by Crippen LogP contribution is 2.41. The molecule has 0 aliphatic heterocycles. The lowest BCUT2D eigenvalue weighted by Crippen LogP contribution is -2.58. The molecule has 0 bridgehead atoms. The molecule has 3 aliphatic carbocycles. The molecule has 19 heavy (non-hydrogen) atoms. The van der Waals surface area contributed by atoms with Gasteiger partial charge in [0.2, 0.25) is 0 Å². The molecular formula is C17H32N2. The average Bonchev–Trinajstić information content (AvgIpc) is 2.37. The third-order valence-corrected chi connectivity index (χ3v) is 6.49. The van der Waals surface area contributed by atoms with Gasteiger partial charge in [0.1, 0.15) is 0 Å². The van der Waals surface area contributed by atoms with Crippen LogP contribution in [0.3, 0.4) is 0 Å². The van der Waals surface area contributed by atoms with Crippen LogP contribution in [-0.4, -0.2) is 37.1 Å². The van der Waals surface area contributed by atoms with Crippen molar-refractivity contribution in [1.82, 2.24) is 10.2 Å². The van der Waals surface area contributed by atoms with Gasteiger partial charge < -0.3 is 10.2 Å². The molecule has 2 heteroatoms.